The van der Waals surface area contributed by atoms with Crippen LogP contribution in [0.1, 0.15) is 38.5 Å². The third kappa shape index (κ3) is 4.90. The van der Waals surface area contributed by atoms with Crippen molar-refractivity contribution in [3.63, 3.8) is 0 Å². The van der Waals surface area contributed by atoms with Gasteiger partial charge in [0.25, 0.3) is 0 Å². The van der Waals surface area contributed by atoms with Crippen molar-refractivity contribution in [3.8, 4) is 12.3 Å². The Labute approximate surface area is 102 Å². The zero-order valence-corrected chi connectivity index (χ0v) is 10.0. The lowest BCUT2D eigenvalue weighted by molar-refractivity contribution is -0.144. The predicted octanol–water partition coefficient (Wildman–Crippen LogP) is 1.50. The molecule has 1 aliphatic rings. The first-order chi connectivity index (χ1) is 8.13. The van der Waals surface area contributed by atoms with E-state index in [0.29, 0.717) is 12.3 Å². The fraction of sp³-hybridized carbons (Fsp3) is 0.692. The Hall–Kier alpha value is -1.50. The Kier molecular flexibility index (Phi) is 5.55. The summed E-state index contributed by atoms with van der Waals surface area (Å²) in [5, 5.41) is 8.68. The van der Waals surface area contributed by atoms with Crippen LogP contribution in [-0.2, 0) is 9.59 Å². The molecular formula is C13H19NO3. The summed E-state index contributed by atoms with van der Waals surface area (Å²) in [6.45, 7) is -0.219. The molecule has 17 heavy (non-hydrogen) atoms. The van der Waals surface area contributed by atoms with Gasteiger partial charge < -0.3 is 10.0 Å². The molecule has 0 saturated heterocycles. The molecule has 1 saturated carbocycles. The average molecular weight is 237 g/mol. The molecule has 0 aromatic carbocycles. The smallest absolute Gasteiger partial charge is 0.323 e. The summed E-state index contributed by atoms with van der Waals surface area (Å²) < 4.78 is 0. The minimum absolute atomic E-state index is 0.0792. The molecule has 0 aromatic rings. The lowest BCUT2D eigenvalue weighted by atomic mass is 10.0. The van der Waals surface area contributed by atoms with Gasteiger partial charge in [-0.25, -0.2) is 0 Å². The highest BCUT2D eigenvalue weighted by atomic mass is 16.4. The van der Waals surface area contributed by atoms with E-state index < -0.39 is 5.97 Å². The molecule has 4 heteroatoms. The van der Waals surface area contributed by atoms with Gasteiger partial charge in [0, 0.05) is 6.42 Å². The van der Waals surface area contributed by atoms with E-state index in [0.717, 1.165) is 6.42 Å². The molecule has 4 nitrogen and oxygen atoms in total. The number of terminal acetylenes is 1. The summed E-state index contributed by atoms with van der Waals surface area (Å²) in [5.41, 5.74) is 0. The van der Waals surface area contributed by atoms with E-state index in [1.165, 1.54) is 30.6 Å². The summed E-state index contributed by atoms with van der Waals surface area (Å²) in [5.74, 6) is 1.80. The number of hydrogen-bond acceptors (Lipinski definition) is 2. The first-order valence-electron chi connectivity index (χ1n) is 6.06. The monoisotopic (exact) mass is 237 g/mol. The van der Waals surface area contributed by atoms with Gasteiger partial charge in [-0.05, 0) is 12.3 Å². The lowest BCUT2D eigenvalue weighted by Crippen LogP contribution is -2.36. The second-order valence-corrected chi connectivity index (χ2v) is 4.54. The average Bonchev–Trinajstić information content (AvgIpc) is 2.77. The molecule has 0 bridgehead atoms. The fourth-order valence-corrected chi connectivity index (χ4v) is 2.29. The molecule has 0 aromatic heterocycles. The van der Waals surface area contributed by atoms with Crippen LogP contribution in [0.2, 0.25) is 0 Å². The second-order valence-electron chi connectivity index (χ2n) is 4.54. The SMILES string of the molecule is C#CCN(CC(=O)O)C(=O)CCC1CCCC1. The molecule has 1 aliphatic carbocycles. The molecule has 0 spiro atoms. The molecule has 0 aliphatic heterocycles. The molecule has 1 fully saturated rings. The van der Waals surface area contributed by atoms with Crippen molar-refractivity contribution in [1.82, 2.24) is 4.90 Å². The van der Waals surface area contributed by atoms with Crippen LogP contribution >= 0.6 is 0 Å². The third-order valence-electron chi connectivity index (χ3n) is 3.20. The summed E-state index contributed by atoms with van der Waals surface area (Å²) in [4.78, 5) is 23.6. The highest BCUT2D eigenvalue weighted by molar-refractivity contribution is 5.81. The van der Waals surface area contributed by atoms with Crippen LogP contribution in [0.3, 0.4) is 0 Å². The summed E-state index contributed by atoms with van der Waals surface area (Å²) in [7, 11) is 0. The van der Waals surface area contributed by atoms with E-state index in [-0.39, 0.29) is 19.0 Å². The summed E-state index contributed by atoms with van der Waals surface area (Å²) in [6.07, 6.45) is 11.3. The van der Waals surface area contributed by atoms with Crippen LogP contribution in [0.5, 0.6) is 0 Å². The molecule has 1 N–H and O–H groups in total. The predicted molar refractivity (Wildman–Crippen MR) is 64.2 cm³/mol. The second kappa shape index (κ2) is 6.95. The normalized spacial score (nSPS) is 15.5. The lowest BCUT2D eigenvalue weighted by Gasteiger charge is -2.18. The van der Waals surface area contributed by atoms with Crippen LogP contribution < -0.4 is 0 Å². The third-order valence-corrected chi connectivity index (χ3v) is 3.20. The van der Waals surface area contributed by atoms with Crippen LogP contribution in [0.4, 0.5) is 0 Å². The van der Waals surface area contributed by atoms with Crippen molar-refractivity contribution >= 4 is 11.9 Å². The maximum absolute atomic E-state index is 11.8. The maximum Gasteiger partial charge on any atom is 0.323 e. The Morgan fingerprint density at radius 1 is 1.35 bits per heavy atom. The molecule has 1 amide bonds. The van der Waals surface area contributed by atoms with Gasteiger partial charge in [-0.1, -0.05) is 31.6 Å². The highest BCUT2D eigenvalue weighted by Gasteiger charge is 2.19. The number of carbonyl (C=O) groups excluding carboxylic acids is 1. The van der Waals surface area contributed by atoms with E-state index in [1.807, 2.05) is 0 Å². The number of hydrogen-bond donors (Lipinski definition) is 1. The number of carboxylic acids is 1. The quantitative estimate of drug-likeness (QED) is 0.712. The largest absolute Gasteiger partial charge is 0.480 e. The van der Waals surface area contributed by atoms with Gasteiger partial charge in [0.15, 0.2) is 0 Å². The molecule has 0 atom stereocenters. The fourth-order valence-electron chi connectivity index (χ4n) is 2.29. The van der Waals surface area contributed by atoms with Crippen LogP contribution in [-0.4, -0.2) is 35.0 Å². The van der Waals surface area contributed by atoms with Gasteiger partial charge >= 0.3 is 5.97 Å². The van der Waals surface area contributed by atoms with Crippen molar-refractivity contribution in [2.45, 2.75) is 38.5 Å². The summed E-state index contributed by atoms with van der Waals surface area (Å²) >= 11 is 0. The maximum atomic E-state index is 11.8. The zero-order valence-electron chi connectivity index (χ0n) is 10.0. The van der Waals surface area contributed by atoms with E-state index in [1.54, 1.807) is 0 Å². The molecule has 1 rings (SSSR count). The van der Waals surface area contributed by atoms with Crippen molar-refractivity contribution in [1.29, 1.82) is 0 Å². The number of aliphatic carboxylic acids is 1. The molecular weight excluding hydrogens is 218 g/mol. The highest BCUT2D eigenvalue weighted by Crippen LogP contribution is 2.28. The Morgan fingerprint density at radius 2 is 2.00 bits per heavy atom. The first kappa shape index (κ1) is 13.6. The Bertz CT molecular complexity index is 313. The Balaban J connectivity index is 2.35. The molecule has 0 radical (unpaired) electrons. The van der Waals surface area contributed by atoms with Crippen LogP contribution in [0.25, 0.3) is 0 Å². The topological polar surface area (TPSA) is 57.6 Å². The number of carbonyl (C=O) groups is 2. The summed E-state index contributed by atoms with van der Waals surface area (Å²) in [6, 6.07) is 0. The van der Waals surface area contributed by atoms with Crippen LogP contribution in [0.15, 0.2) is 0 Å². The van der Waals surface area contributed by atoms with E-state index in [2.05, 4.69) is 5.92 Å². The standard InChI is InChI=1S/C13H19NO3/c1-2-9-14(10-13(16)17)12(15)8-7-11-5-3-4-6-11/h1,11H,3-10H2,(H,16,17). The van der Waals surface area contributed by atoms with Gasteiger partial charge in [0.2, 0.25) is 5.91 Å². The van der Waals surface area contributed by atoms with Gasteiger partial charge in [0.05, 0.1) is 6.54 Å². The van der Waals surface area contributed by atoms with E-state index in [4.69, 9.17) is 11.5 Å². The van der Waals surface area contributed by atoms with E-state index >= 15 is 0 Å². The number of carboxylic acid groups (broad SMARTS) is 1. The van der Waals surface area contributed by atoms with Gasteiger partial charge in [0.1, 0.15) is 6.54 Å². The van der Waals surface area contributed by atoms with Crippen molar-refractivity contribution in [3.05, 3.63) is 0 Å². The minimum atomic E-state index is -1.02. The number of nitrogens with zero attached hydrogens (tertiary/aromatic N) is 1. The van der Waals surface area contributed by atoms with Crippen molar-refractivity contribution < 1.29 is 14.7 Å². The van der Waals surface area contributed by atoms with E-state index in [9.17, 15) is 9.59 Å². The van der Waals surface area contributed by atoms with Crippen molar-refractivity contribution in [2.75, 3.05) is 13.1 Å². The first-order valence-corrected chi connectivity index (χ1v) is 6.06. The minimum Gasteiger partial charge on any atom is -0.480 e. The molecule has 94 valence electrons. The molecule has 0 heterocycles. The number of amides is 1. The van der Waals surface area contributed by atoms with Gasteiger partial charge in [-0.3, -0.25) is 9.59 Å². The van der Waals surface area contributed by atoms with Gasteiger partial charge in [-0.2, -0.15) is 0 Å². The molecule has 0 unspecified atom stereocenters. The number of rotatable bonds is 6. The van der Waals surface area contributed by atoms with Crippen LogP contribution in [0, 0.1) is 18.3 Å². The van der Waals surface area contributed by atoms with Gasteiger partial charge in [-0.15, -0.1) is 6.42 Å². The van der Waals surface area contributed by atoms with Crippen molar-refractivity contribution in [2.24, 2.45) is 5.92 Å². The Morgan fingerprint density at radius 3 is 2.53 bits per heavy atom. The zero-order chi connectivity index (χ0) is 12.7.